The van der Waals surface area contributed by atoms with Crippen LogP contribution in [-0.2, 0) is 14.6 Å². The van der Waals surface area contributed by atoms with Gasteiger partial charge in [-0.2, -0.15) is 0 Å². The molecule has 2 aliphatic rings. The van der Waals surface area contributed by atoms with Crippen molar-refractivity contribution in [3.8, 4) is 0 Å². The number of anilines is 2. The third kappa shape index (κ3) is 4.57. The van der Waals surface area contributed by atoms with Gasteiger partial charge in [0.05, 0.1) is 0 Å². The number of rotatable bonds is 5. The molecule has 26 heavy (non-hydrogen) atoms. The van der Waals surface area contributed by atoms with Gasteiger partial charge in [0.2, 0.25) is 5.91 Å². The molecule has 0 aromatic heterocycles. The molecule has 2 unspecified atom stereocenters. The van der Waals surface area contributed by atoms with Gasteiger partial charge in [-0.3, -0.25) is 9.69 Å². The maximum Gasteiger partial charge on any atom is 0.239 e. The lowest BCUT2D eigenvalue weighted by Crippen LogP contribution is -2.39. The quantitative estimate of drug-likeness (QED) is 0.848. The minimum absolute atomic E-state index is 0.490. The molecule has 2 saturated heterocycles. The molecule has 1 aromatic rings. The van der Waals surface area contributed by atoms with Crippen LogP contribution < -0.4 is 10.2 Å². The summed E-state index contributed by atoms with van der Waals surface area (Å²) in [6, 6.07) is 7.12. The Bertz CT molecular complexity index is 778. The van der Waals surface area contributed by atoms with Gasteiger partial charge in [0, 0.05) is 42.8 Å². The number of likely N-dealkylation sites (tertiary alicyclic amines) is 1. The third-order valence-corrected chi connectivity index (χ3v) is 6.24. The largest absolute Gasteiger partial charge is 0.370 e. The normalized spacial score (nSPS) is 24.2. The molecule has 1 aromatic carbocycles. The van der Waals surface area contributed by atoms with Crippen molar-refractivity contribution in [2.75, 3.05) is 41.9 Å². The number of aryl methyl sites for hydroxylation is 1. The van der Waals surface area contributed by atoms with E-state index in [1.807, 2.05) is 25.1 Å². The Morgan fingerprint density at radius 1 is 1.27 bits per heavy atom. The second-order valence-electron chi connectivity index (χ2n) is 7.74. The van der Waals surface area contributed by atoms with Crippen molar-refractivity contribution in [2.45, 2.75) is 45.2 Å². The van der Waals surface area contributed by atoms with Crippen molar-refractivity contribution >= 4 is 27.1 Å². The number of hydrogen-bond acceptors (Lipinski definition) is 5. The standard InChI is InChI=1S/C19H29N3O3S/c1-14-11-16(20-19(23)13-26(3,24)25)6-7-18(14)21-10-8-17(12-21)22-9-4-5-15(22)2/h6-7,11,15,17H,4-5,8-10,12-13H2,1-3H3,(H,20,23). The van der Waals surface area contributed by atoms with E-state index in [0.717, 1.165) is 24.9 Å². The van der Waals surface area contributed by atoms with Crippen LogP contribution >= 0.6 is 0 Å². The number of nitrogens with one attached hydrogen (secondary N) is 1. The van der Waals surface area contributed by atoms with Crippen LogP contribution in [-0.4, -0.2) is 63.0 Å². The topological polar surface area (TPSA) is 69.7 Å². The monoisotopic (exact) mass is 379 g/mol. The number of benzene rings is 1. The van der Waals surface area contributed by atoms with E-state index in [0.29, 0.717) is 17.8 Å². The van der Waals surface area contributed by atoms with Gasteiger partial charge in [0.1, 0.15) is 5.75 Å². The first-order valence-electron chi connectivity index (χ1n) is 9.32. The SMILES string of the molecule is Cc1cc(NC(=O)CS(C)(=O)=O)ccc1N1CCC(N2CCCC2C)C1. The van der Waals surface area contributed by atoms with Gasteiger partial charge in [0.25, 0.3) is 0 Å². The van der Waals surface area contributed by atoms with Crippen LogP contribution in [0.3, 0.4) is 0 Å². The Balaban J connectivity index is 1.64. The molecule has 3 rings (SSSR count). The number of hydrogen-bond donors (Lipinski definition) is 1. The lowest BCUT2D eigenvalue weighted by atomic mass is 10.1. The lowest BCUT2D eigenvalue weighted by Gasteiger charge is -2.29. The van der Waals surface area contributed by atoms with E-state index in [1.54, 1.807) is 0 Å². The molecule has 0 spiro atoms. The summed E-state index contributed by atoms with van der Waals surface area (Å²) in [5.41, 5.74) is 2.93. The second-order valence-corrected chi connectivity index (χ2v) is 9.88. The number of carbonyl (C=O) groups excluding carboxylic acids is 1. The molecule has 0 aliphatic carbocycles. The van der Waals surface area contributed by atoms with Gasteiger partial charge in [-0.05, 0) is 63.4 Å². The zero-order valence-corrected chi connectivity index (χ0v) is 16.7. The highest BCUT2D eigenvalue weighted by Gasteiger charge is 2.33. The summed E-state index contributed by atoms with van der Waals surface area (Å²) in [5, 5.41) is 2.67. The molecule has 1 amide bonds. The summed E-state index contributed by atoms with van der Waals surface area (Å²) in [4.78, 5) is 16.9. The van der Waals surface area contributed by atoms with Crippen molar-refractivity contribution in [2.24, 2.45) is 0 Å². The molecular formula is C19H29N3O3S. The van der Waals surface area contributed by atoms with Crippen LogP contribution in [0.1, 0.15) is 31.7 Å². The van der Waals surface area contributed by atoms with E-state index in [2.05, 4.69) is 22.0 Å². The van der Waals surface area contributed by atoms with Gasteiger partial charge in [-0.15, -0.1) is 0 Å². The molecule has 6 nitrogen and oxygen atoms in total. The number of carbonyl (C=O) groups is 1. The van der Waals surface area contributed by atoms with Gasteiger partial charge < -0.3 is 10.2 Å². The van der Waals surface area contributed by atoms with Crippen LogP contribution in [0.25, 0.3) is 0 Å². The van der Waals surface area contributed by atoms with E-state index in [-0.39, 0.29) is 0 Å². The molecule has 2 heterocycles. The Hall–Kier alpha value is -1.60. The van der Waals surface area contributed by atoms with Crippen molar-refractivity contribution < 1.29 is 13.2 Å². The molecular weight excluding hydrogens is 350 g/mol. The van der Waals surface area contributed by atoms with Gasteiger partial charge in [-0.1, -0.05) is 0 Å². The summed E-state index contributed by atoms with van der Waals surface area (Å²) in [7, 11) is -3.32. The first-order valence-corrected chi connectivity index (χ1v) is 11.4. The summed E-state index contributed by atoms with van der Waals surface area (Å²) in [6.07, 6.45) is 4.86. The van der Waals surface area contributed by atoms with E-state index in [4.69, 9.17) is 0 Å². The predicted octanol–water partition coefficient (Wildman–Crippen LogP) is 2.04. The molecule has 0 saturated carbocycles. The van der Waals surface area contributed by atoms with Crippen LogP contribution in [0.5, 0.6) is 0 Å². The van der Waals surface area contributed by atoms with Crippen LogP contribution in [0.4, 0.5) is 11.4 Å². The number of amides is 1. The highest BCUT2D eigenvalue weighted by Crippen LogP contribution is 2.31. The molecule has 2 aliphatic heterocycles. The van der Waals surface area contributed by atoms with E-state index >= 15 is 0 Å². The predicted molar refractivity (Wildman–Crippen MR) is 106 cm³/mol. The van der Waals surface area contributed by atoms with Gasteiger partial charge in [0.15, 0.2) is 9.84 Å². The molecule has 0 bridgehead atoms. The fraction of sp³-hybridized carbons (Fsp3) is 0.632. The third-order valence-electron chi connectivity index (χ3n) is 5.45. The van der Waals surface area contributed by atoms with Crippen LogP contribution in [0.2, 0.25) is 0 Å². The first kappa shape index (κ1) is 19.2. The summed E-state index contributed by atoms with van der Waals surface area (Å²) < 4.78 is 22.4. The number of sulfone groups is 1. The van der Waals surface area contributed by atoms with Crippen LogP contribution in [0.15, 0.2) is 18.2 Å². The maximum absolute atomic E-state index is 11.8. The zero-order chi connectivity index (χ0) is 18.9. The molecule has 7 heteroatoms. The van der Waals surface area contributed by atoms with Crippen molar-refractivity contribution in [3.05, 3.63) is 23.8 Å². The average molecular weight is 380 g/mol. The van der Waals surface area contributed by atoms with Gasteiger partial charge in [-0.25, -0.2) is 8.42 Å². The first-order chi connectivity index (χ1) is 12.2. The highest BCUT2D eigenvalue weighted by atomic mass is 32.2. The average Bonchev–Trinajstić information content (AvgIpc) is 3.14. The summed E-state index contributed by atoms with van der Waals surface area (Å²) in [5.74, 6) is -0.987. The summed E-state index contributed by atoms with van der Waals surface area (Å²) >= 11 is 0. The van der Waals surface area contributed by atoms with E-state index in [9.17, 15) is 13.2 Å². The highest BCUT2D eigenvalue weighted by molar-refractivity contribution is 7.91. The minimum Gasteiger partial charge on any atom is -0.370 e. The van der Waals surface area contributed by atoms with Crippen molar-refractivity contribution in [3.63, 3.8) is 0 Å². The Kier molecular flexibility index (Phi) is 5.58. The zero-order valence-electron chi connectivity index (χ0n) is 15.9. The van der Waals surface area contributed by atoms with Gasteiger partial charge >= 0.3 is 0 Å². The summed E-state index contributed by atoms with van der Waals surface area (Å²) in [6.45, 7) is 7.67. The molecule has 2 fully saturated rings. The smallest absolute Gasteiger partial charge is 0.239 e. The second kappa shape index (κ2) is 7.56. The molecule has 2 atom stereocenters. The van der Waals surface area contributed by atoms with E-state index in [1.165, 1.54) is 31.5 Å². The lowest BCUT2D eigenvalue weighted by molar-refractivity contribution is -0.113. The molecule has 0 radical (unpaired) electrons. The fourth-order valence-corrected chi connectivity index (χ4v) is 4.80. The minimum atomic E-state index is -3.32. The maximum atomic E-state index is 11.8. The Morgan fingerprint density at radius 3 is 2.65 bits per heavy atom. The Labute approximate surface area is 156 Å². The van der Waals surface area contributed by atoms with Crippen molar-refractivity contribution in [1.82, 2.24) is 4.90 Å². The fourth-order valence-electron chi connectivity index (χ4n) is 4.25. The number of nitrogens with zero attached hydrogens (tertiary/aromatic N) is 2. The van der Waals surface area contributed by atoms with Crippen LogP contribution in [0, 0.1) is 6.92 Å². The molecule has 1 N–H and O–H groups in total. The Morgan fingerprint density at radius 2 is 2.04 bits per heavy atom. The van der Waals surface area contributed by atoms with E-state index < -0.39 is 21.5 Å². The molecule has 144 valence electrons. The van der Waals surface area contributed by atoms with Crippen molar-refractivity contribution in [1.29, 1.82) is 0 Å².